The monoisotopic (exact) mass is 376 g/mol. The van der Waals surface area contributed by atoms with E-state index >= 15 is 0 Å². The zero-order valence-corrected chi connectivity index (χ0v) is 16.1. The molecular weight excluding hydrogens is 352 g/mol. The fraction of sp³-hybridized carbons (Fsp3) is 0.500. The van der Waals surface area contributed by atoms with Gasteiger partial charge in [0.2, 0.25) is 5.91 Å². The molecule has 0 spiro atoms. The zero-order valence-electron chi connectivity index (χ0n) is 15.3. The molecule has 1 aliphatic rings. The molecule has 1 saturated carbocycles. The van der Waals surface area contributed by atoms with Crippen molar-refractivity contribution in [3.8, 4) is 11.5 Å². The van der Waals surface area contributed by atoms with Crippen molar-refractivity contribution in [2.45, 2.75) is 37.8 Å². The maximum atomic E-state index is 12.4. The average Bonchev–Trinajstić information content (AvgIpc) is 3.39. The lowest BCUT2D eigenvalue weighted by atomic mass is 10.2. The summed E-state index contributed by atoms with van der Waals surface area (Å²) in [5.74, 6) is 2.99. The zero-order chi connectivity index (χ0) is 18.5. The molecule has 140 valence electrons. The molecule has 8 heteroatoms. The summed E-state index contributed by atoms with van der Waals surface area (Å²) in [5, 5.41) is 12.1. The number of carbonyl (C=O) groups is 1. The first-order valence-electron chi connectivity index (χ1n) is 8.84. The van der Waals surface area contributed by atoms with E-state index in [4.69, 9.17) is 9.47 Å². The van der Waals surface area contributed by atoms with Gasteiger partial charge in [0.25, 0.3) is 0 Å². The van der Waals surface area contributed by atoms with E-state index < -0.39 is 0 Å². The van der Waals surface area contributed by atoms with Crippen LogP contribution in [-0.2, 0) is 11.8 Å². The summed E-state index contributed by atoms with van der Waals surface area (Å²) in [7, 11) is 1.95. The molecule has 3 rings (SSSR count). The molecule has 1 fully saturated rings. The summed E-state index contributed by atoms with van der Waals surface area (Å²) in [5.41, 5.74) is 0.611. The van der Waals surface area contributed by atoms with Gasteiger partial charge >= 0.3 is 0 Å². The number of hydrogen-bond acceptors (Lipinski definition) is 6. The molecule has 0 unspecified atom stereocenters. The third-order valence-corrected chi connectivity index (χ3v) is 5.00. The molecule has 1 aliphatic carbocycles. The standard InChI is InChI=1S/C18H24N4O3S/c1-4-24-13-8-9-15(25-5-2)14(10-13)19-16(23)11-26-18-21-20-17(22(18)3)12-6-7-12/h8-10,12H,4-7,11H2,1-3H3,(H,19,23). The highest BCUT2D eigenvalue weighted by molar-refractivity contribution is 7.99. The minimum atomic E-state index is -0.124. The van der Waals surface area contributed by atoms with Crippen molar-refractivity contribution in [3.05, 3.63) is 24.0 Å². The van der Waals surface area contributed by atoms with Crippen LogP contribution in [-0.4, -0.2) is 39.6 Å². The van der Waals surface area contributed by atoms with Crippen LogP contribution in [0.15, 0.2) is 23.4 Å². The Morgan fingerprint density at radius 3 is 2.73 bits per heavy atom. The van der Waals surface area contributed by atoms with Crippen LogP contribution in [0.4, 0.5) is 5.69 Å². The van der Waals surface area contributed by atoms with Crippen molar-refractivity contribution in [3.63, 3.8) is 0 Å². The number of thioether (sulfide) groups is 1. The van der Waals surface area contributed by atoms with Crippen molar-refractivity contribution in [2.75, 3.05) is 24.3 Å². The number of anilines is 1. The molecule has 0 atom stereocenters. The number of hydrogen-bond donors (Lipinski definition) is 1. The summed E-state index contributed by atoms with van der Waals surface area (Å²) >= 11 is 1.38. The Labute approximate surface area is 157 Å². The van der Waals surface area contributed by atoms with Crippen LogP contribution in [0.1, 0.15) is 38.4 Å². The van der Waals surface area contributed by atoms with Crippen molar-refractivity contribution >= 4 is 23.4 Å². The largest absolute Gasteiger partial charge is 0.494 e. The van der Waals surface area contributed by atoms with Gasteiger partial charge in [-0.1, -0.05) is 11.8 Å². The van der Waals surface area contributed by atoms with E-state index in [2.05, 4.69) is 15.5 Å². The van der Waals surface area contributed by atoms with E-state index in [0.717, 1.165) is 11.0 Å². The van der Waals surface area contributed by atoms with Crippen molar-refractivity contribution < 1.29 is 14.3 Å². The molecular formula is C18H24N4O3S. The van der Waals surface area contributed by atoms with Gasteiger partial charge < -0.3 is 19.4 Å². The predicted molar refractivity (Wildman–Crippen MR) is 101 cm³/mol. The summed E-state index contributed by atoms with van der Waals surface area (Å²) in [6, 6.07) is 5.42. The Bertz CT molecular complexity index is 774. The van der Waals surface area contributed by atoms with Gasteiger partial charge in [0, 0.05) is 19.0 Å². The number of nitrogens with one attached hydrogen (secondary N) is 1. The van der Waals surface area contributed by atoms with Gasteiger partial charge in [0.1, 0.15) is 17.3 Å². The average molecular weight is 376 g/mol. The van der Waals surface area contributed by atoms with Crippen LogP contribution in [0.25, 0.3) is 0 Å². The molecule has 7 nitrogen and oxygen atoms in total. The molecule has 1 heterocycles. The molecule has 0 saturated heterocycles. The van der Waals surface area contributed by atoms with Crippen LogP contribution < -0.4 is 14.8 Å². The van der Waals surface area contributed by atoms with E-state index in [1.54, 1.807) is 6.07 Å². The highest BCUT2D eigenvalue weighted by Gasteiger charge is 2.29. The number of nitrogens with zero attached hydrogens (tertiary/aromatic N) is 3. The van der Waals surface area contributed by atoms with Crippen LogP contribution in [0.3, 0.4) is 0 Å². The fourth-order valence-electron chi connectivity index (χ4n) is 2.61. The Kier molecular flexibility index (Phi) is 6.03. The topological polar surface area (TPSA) is 78.3 Å². The molecule has 1 amide bonds. The second-order valence-electron chi connectivity index (χ2n) is 6.03. The molecule has 2 aromatic rings. The first-order valence-corrected chi connectivity index (χ1v) is 9.82. The SMILES string of the molecule is CCOc1ccc(OCC)c(NC(=O)CSc2nnc(C3CC3)n2C)c1. The van der Waals surface area contributed by atoms with Gasteiger partial charge in [-0.05, 0) is 38.8 Å². The number of ether oxygens (including phenoxy) is 2. The van der Waals surface area contributed by atoms with E-state index in [-0.39, 0.29) is 11.7 Å². The first kappa shape index (κ1) is 18.6. The quantitative estimate of drug-likeness (QED) is 0.677. The molecule has 1 aromatic heterocycles. The summed E-state index contributed by atoms with van der Waals surface area (Å²) in [6.45, 7) is 4.91. The summed E-state index contributed by atoms with van der Waals surface area (Å²) in [6.07, 6.45) is 2.35. The predicted octanol–water partition coefficient (Wildman–Crippen LogP) is 3.22. The number of benzene rings is 1. The van der Waals surface area contributed by atoms with Gasteiger partial charge in [0.05, 0.1) is 24.7 Å². The van der Waals surface area contributed by atoms with Crippen LogP contribution in [0, 0.1) is 0 Å². The van der Waals surface area contributed by atoms with E-state index in [9.17, 15) is 4.79 Å². The molecule has 1 N–H and O–H groups in total. The maximum absolute atomic E-state index is 12.4. The Morgan fingerprint density at radius 2 is 2.04 bits per heavy atom. The molecule has 0 bridgehead atoms. The third-order valence-electron chi connectivity index (χ3n) is 3.98. The van der Waals surface area contributed by atoms with Gasteiger partial charge in [0.15, 0.2) is 5.16 Å². The number of amides is 1. The molecule has 0 aliphatic heterocycles. The second-order valence-corrected chi connectivity index (χ2v) is 6.98. The van der Waals surface area contributed by atoms with Gasteiger partial charge in [-0.3, -0.25) is 4.79 Å². The lowest BCUT2D eigenvalue weighted by Crippen LogP contribution is -2.15. The fourth-order valence-corrected chi connectivity index (χ4v) is 3.33. The number of aromatic nitrogens is 3. The van der Waals surface area contributed by atoms with Crippen molar-refractivity contribution in [1.82, 2.24) is 14.8 Å². The van der Waals surface area contributed by atoms with E-state index in [0.29, 0.717) is 36.3 Å². The smallest absolute Gasteiger partial charge is 0.234 e. The summed E-state index contributed by atoms with van der Waals surface area (Å²) in [4.78, 5) is 12.4. The highest BCUT2D eigenvalue weighted by Crippen LogP contribution is 2.39. The van der Waals surface area contributed by atoms with Crippen molar-refractivity contribution in [2.24, 2.45) is 7.05 Å². The summed E-state index contributed by atoms with van der Waals surface area (Å²) < 4.78 is 13.1. The van der Waals surface area contributed by atoms with Gasteiger partial charge in [-0.15, -0.1) is 10.2 Å². The minimum Gasteiger partial charge on any atom is -0.494 e. The lowest BCUT2D eigenvalue weighted by molar-refractivity contribution is -0.113. The van der Waals surface area contributed by atoms with Crippen LogP contribution in [0.5, 0.6) is 11.5 Å². The van der Waals surface area contributed by atoms with Gasteiger partial charge in [-0.25, -0.2) is 0 Å². The van der Waals surface area contributed by atoms with Crippen LogP contribution in [0.2, 0.25) is 0 Å². The normalized spacial score (nSPS) is 13.5. The van der Waals surface area contributed by atoms with Gasteiger partial charge in [-0.2, -0.15) is 0 Å². The Morgan fingerprint density at radius 1 is 1.27 bits per heavy atom. The Balaban J connectivity index is 1.62. The third kappa shape index (κ3) is 4.49. The molecule has 26 heavy (non-hydrogen) atoms. The maximum Gasteiger partial charge on any atom is 0.234 e. The molecule has 1 aromatic carbocycles. The number of rotatable bonds is 9. The first-order chi connectivity index (χ1) is 12.6. The number of carbonyl (C=O) groups excluding carboxylic acids is 1. The molecule has 0 radical (unpaired) electrons. The van der Waals surface area contributed by atoms with Crippen LogP contribution >= 0.6 is 11.8 Å². The van der Waals surface area contributed by atoms with E-state index in [1.807, 2.05) is 37.6 Å². The second kappa shape index (κ2) is 8.44. The highest BCUT2D eigenvalue weighted by atomic mass is 32.2. The lowest BCUT2D eigenvalue weighted by Gasteiger charge is -2.13. The minimum absolute atomic E-state index is 0.124. The van der Waals surface area contributed by atoms with Crippen molar-refractivity contribution in [1.29, 1.82) is 0 Å². The Hall–Kier alpha value is -2.22. The van der Waals surface area contributed by atoms with E-state index in [1.165, 1.54) is 24.6 Å².